The van der Waals surface area contributed by atoms with Crippen molar-refractivity contribution in [3.05, 3.63) is 46.4 Å². The maximum atomic E-state index is 11.9. The molecule has 0 spiro atoms. The van der Waals surface area contributed by atoms with E-state index in [2.05, 4.69) is 9.79 Å². The summed E-state index contributed by atoms with van der Waals surface area (Å²) < 4.78 is 5.29. The molecule has 0 N–H and O–H groups in total. The van der Waals surface area contributed by atoms with E-state index < -0.39 is 5.54 Å². The fourth-order valence-electron chi connectivity index (χ4n) is 1.46. The van der Waals surface area contributed by atoms with Crippen molar-refractivity contribution in [2.45, 2.75) is 26.3 Å². The molecule has 0 aliphatic rings. The summed E-state index contributed by atoms with van der Waals surface area (Å²) in [6.07, 6.45) is 1.20. The quantitative estimate of drug-likeness (QED) is 0.357. The Bertz CT molecular complexity index is 597. The Morgan fingerprint density at radius 3 is 2.47 bits per heavy atom. The fourth-order valence-corrected chi connectivity index (χ4v) is 1.46. The van der Waals surface area contributed by atoms with Gasteiger partial charge in [0.25, 0.3) is 11.4 Å². The lowest BCUT2D eigenvalue weighted by Gasteiger charge is -2.17. The molecule has 6 heteroatoms. The highest BCUT2D eigenvalue weighted by Gasteiger charge is 2.25. The summed E-state index contributed by atoms with van der Waals surface area (Å²) in [4.78, 5) is 0.235. The van der Waals surface area contributed by atoms with E-state index in [9.17, 15) is 10.4 Å². The molecule has 0 amide bonds. The van der Waals surface area contributed by atoms with Crippen LogP contribution in [0, 0.1) is 10.4 Å². The average Bonchev–Trinajstić information content (AvgIpc) is 2.71. The monoisotopic (exact) mass is 261 g/mol. The van der Waals surface area contributed by atoms with Crippen LogP contribution in [0.25, 0.3) is 11.3 Å². The molecule has 0 aliphatic carbocycles. The van der Waals surface area contributed by atoms with Crippen molar-refractivity contribution < 1.29 is 14.3 Å². The summed E-state index contributed by atoms with van der Waals surface area (Å²) in [5, 5.41) is 27.2. The molecular weight excluding hydrogens is 246 g/mol. The molecule has 100 valence electrons. The maximum Gasteiger partial charge on any atom is 0.290 e. The van der Waals surface area contributed by atoms with Crippen molar-refractivity contribution in [1.82, 2.24) is 5.16 Å². The van der Waals surface area contributed by atoms with E-state index in [0.717, 1.165) is 5.56 Å². The van der Waals surface area contributed by atoms with Gasteiger partial charge in [0.05, 0.1) is 0 Å². The molecule has 19 heavy (non-hydrogen) atoms. The SMILES string of the molecule is CC(C)(C)/[N+]([O-])=C/c1c(-c2ccccc2)no[n+]1[O-]. The Balaban J connectivity index is 2.51. The molecular formula is C13H15N3O3. The predicted molar refractivity (Wildman–Crippen MR) is 69.4 cm³/mol. The molecule has 2 rings (SSSR count). The van der Waals surface area contributed by atoms with E-state index >= 15 is 0 Å². The third kappa shape index (κ3) is 2.73. The first-order valence-corrected chi connectivity index (χ1v) is 5.86. The number of rotatable bonds is 2. The van der Waals surface area contributed by atoms with Gasteiger partial charge in [-0.05, 0) is 4.90 Å². The summed E-state index contributed by atoms with van der Waals surface area (Å²) in [5.41, 5.74) is 0.518. The minimum Gasteiger partial charge on any atom is -0.623 e. The van der Waals surface area contributed by atoms with Crippen LogP contribution < -0.4 is 4.90 Å². The van der Waals surface area contributed by atoms with Gasteiger partial charge in [-0.25, -0.2) is 4.74 Å². The minimum atomic E-state index is -0.641. The van der Waals surface area contributed by atoms with Gasteiger partial charge in [0.2, 0.25) is 6.21 Å². The Morgan fingerprint density at radius 1 is 1.26 bits per heavy atom. The van der Waals surface area contributed by atoms with Crippen molar-refractivity contribution in [3.63, 3.8) is 0 Å². The topological polar surface area (TPSA) is 79.0 Å². The van der Waals surface area contributed by atoms with Crippen molar-refractivity contribution in [2.75, 3.05) is 0 Å². The third-order valence-corrected chi connectivity index (χ3v) is 2.59. The van der Waals surface area contributed by atoms with Crippen LogP contribution in [0.3, 0.4) is 0 Å². The van der Waals surface area contributed by atoms with Gasteiger partial charge >= 0.3 is 0 Å². The molecule has 0 unspecified atom stereocenters. The molecule has 1 aromatic carbocycles. The molecule has 0 saturated heterocycles. The molecule has 1 aromatic heterocycles. The first-order chi connectivity index (χ1) is 8.89. The maximum absolute atomic E-state index is 11.9. The van der Waals surface area contributed by atoms with Crippen LogP contribution in [0.15, 0.2) is 35.0 Å². The Hall–Kier alpha value is -2.37. The zero-order valence-corrected chi connectivity index (χ0v) is 11.0. The number of nitrogens with zero attached hydrogens (tertiary/aromatic N) is 3. The van der Waals surface area contributed by atoms with Crippen molar-refractivity contribution >= 4 is 6.21 Å². The second-order valence-electron chi connectivity index (χ2n) is 5.16. The van der Waals surface area contributed by atoms with Gasteiger partial charge in [-0.2, -0.15) is 0 Å². The Morgan fingerprint density at radius 2 is 1.89 bits per heavy atom. The summed E-state index contributed by atoms with van der Waals surface area (Å²) in [5.74, 6) is 0. The van der Waals surface area contributed by atoms with E-state index in [-0.39, 0.29) is 10.6 Å². The van der Waals surface area contributed by atoms with Gasteiger partial charge in [0.15, 0.2) is 5.54 Å². The standard InChI is InChI=1S/C13H15N3O3/c1-13(2,3)15(17)9-11-12(14-19-16(11)18)10-7-5-4-6-8-10/h4-9H,1-3H3/b15-9-. The van der Waals surface area contributed by atoms with E-state index in [1.165, 1.54) is 6.21 Å². The van der Waals surface area contributed by atoms with Crippen LogP contribution >= 0.6 is 0 Å². The van der Waals surface area contributed by atoms with Crippen LogP contribution in [0.2, 0.25) is 0 Å². The first-order valence-electron chi connectivity index (χ1n) is 5.86. The lowest BCUT2D eigenvalue weighted by atomic mass is 10.1. The molecule has 0 saturated carbocycles. The zero-order chi connectivity index (χ0) is 14.0. The summed E-state index contributed by atoms with van der Waals surface area (Å²) >= 11 is 0. The number of hydrogen-bond donors (Lipinski definition) is 0. The first kappa shape index (κ1) is 13.1. The molecule has 1 heterocycles. The number of hydrogen-bond acceptors (Lipinski definition) is 4. The van der Waals surface area contributed by atoms with E-state index in [0.29, 0.717) is 10.4 Å². The molecule has 2 aromatic rings. The van der Waals surface area contributed by atoms with Crippen LogP contribution in [0.5, 0.6) is 0 Å². The van der Waals surface area contributed by atoms with E-state index in [4.69, 9.17) is 0 Å². The van der Waals surface area contributed by atoms with E-state index in [1.54, 1.807) is 32.9 Å². The van der Waals surface area contributed by atoms with Gasteiger partial charge in [-0.3, -0.25) is 4.63 Å². The highest BCUT2D eigenvalue weighted by molar-refractivity contribution is 5.81. The highest BCUT2D eigenvalue weighted by atomic mass is 16.8. The van der Waals surface area contributed by atoms with Gasteiger partial charge in [-0.15, -0.1) is 0 Å². The Labute approximate surface area is 110 Å². The van der Waals surface area contributed by atoms with Crippen molar-refractivity contribution in [1.29, 1.82) is 0 Å². The Kier molecular flexibility index (Phi) is 3.25. The third-order valence-electron chi connectivity index (χ3n) is 2.59. The normalized spacial score (nSPS) is 12.7. The smallest absolute Gasteiger partial charge is 0.290 e. The highest BCUT2D eigenvalue weighted by Crippen LogP contribution is 2.18. The summed E-state index contributed by atoms with van der Waals surface area (Å²) in [6, 6.07) is 9.08. The molecule has 6 nitrogen and oxygen atoms in total. The van der Waals surface area contributed by atoms with Gasteiger partial charge in [-0.1, -0.05) is 30.3 Å². The van der Waals surface area contributed by atoms with Crippen LogP contribution in [-0.2, 0) is 0 Å². The number of aromatic nitrogens is 2. The van der Waals surface area contributed by atoms with Crippen molar-refractivity contribution in [3.8, 4) is 11.3 Å². The van der Waals surface area contributed by atoms with E-state index in [1.807, 2.05) is 18.2 Å². The van der Waals surface area contributed by atoms with Gasteiger partial charge < -0.3 is 10.4 Å². The second kappa shape index (κ2) is 4.72. The molecule has 0 bridgehead atoms. The lowest BCUT2D eigenvalue weighted by Crippen LogP contribution is -2.34. The largest absolute Gasteiger partial charge is 0.623 e. The summed E-state index contributed by atoms with van der Waals surface area (Å²) in [6.45, 7) is 5.25. The zero-order valence-electron chi connectivity index (χ0n) is 11.0. The number of benzene rings is 1. The molecule has 0 aliphatic heterocycles. The van der Waals surface area contributed by atoms with Gasteiger partial charge in [0, 0.05) is 31.5 Å². The molecule has 0 atom stereocenters. The molecule has 0 radical (unpaired) electrons. The average molecular weight is 261 g/mol. The van der Waals surface area contributed by atoms with Crippen LogP contribution in [-0.4, -0.2) is 21.6 Å². The van der Waals surface area contributed by atoms with Crippen LogP contribution in [0.4, 0.5) is 0 Å². The fraction of sp³-hybridized carbons (Fsp3) is 0.308. The minimum absolute atomic E-state index is 0.0936. The predicted octanol–water partition coefficient (Wildman–Crippen LogP) is 1.70. The van der Waals surface area contributed by atoms with Crippen molar-refractivity contribution in [2.24, 2.45) is 0 Å². The summed E-state index contributed by atoms with van der Waals surface area (Å²) in [7, 11) is 0. The van der Waals surface area contributed by atoms with Gasteiger partial charge in [0.1, 0.15) is 0 Å². The lowest BCUT2D eigenvalue weighted by molar-refractivity contribution is -0.804. The number of hydroxylamine groups is 1. The second-order valence-corrected chi connectivity index (χ2v) is 5.16. The molecule has 0 fully saturated rings. The van der Waals surface area contributed by atoms with Crippen LogP contribution in [0.1, 0.15) is 26.5 Å².